The Bertz CT molecular complexity index is 706. The molecular weight excluding hydrogens is 262 g/mol. The lowest BCUT2D eigenvalue weighted by molar-refractivity contribution is 0.267. The molecule has 0 saturated carbocycles. The maximum Gasteiger partial charge on any atom is 0.160 e. The lowest BCUT2D eigenvalue weighted by Crippen LogP contribution is -2.05. The topological polar surface area (TPSA) is 50.9 Å². The van der Waals surface area contributed by atoms with Crippen LogP contribution in [0.15, 0.2) is 42.6 Å². The van der Waals surface area contributed by atoms with E-state index in [0.717, 1.165) is 16.7 Å². The quantitative estimate of drug-likeness (QED) is 0.798. The molecule has 0 unspecified atom stereocenters. The maximum absolute atomic E-state index is 9.41. The third-order valence-electron chi connectivity index (χ3n) is 2.98. The Morgan fingerprint density at radius 2 is 1.95 bits per heavy atom. The number of nitrogens with zero attached hydrogens (tertiary/aromatic N) is 3. The average Bonchev–Trinajstić information content (AvgIpc) is 2.79. The molecule has 1 aromatic carbocycles. The Labute approximate surface area is 115 Å². The van der Waals surface area contributed by atoms with Gasteiger partial charge < -0.3 is 9.67 Å². The first kappa shape index (κ1) is 12.1. The molecule has 1 N–H and O–H groups in total. The molecule has 0 aliphatic heterocycles. The normalized spacial score (nSPS) is 11.1. The second-order valence-corrected chi connectivity index (χ2v) is 4.68. The highest BCUT2D eigenvalue weighted by Crippen LogP contribution is 2.17. The van der Waals surface area contributed by atoms with Gasteiger partial charge in [0.15, 0.2) is 5.65 Å². The van der Waals surface area contributed by atoms with Crippen LogP contribution in [0.2, 0.25) is 5.02 Å². The van der Waals surface area contributed by atoms with Crippen LogP contribution in [-0.2, 0) is 13.2 Å². The predicted octanol–water partition coefficient (Wildman–Crippen LogP) is 2.63. The summed E-state index contributed by atoms with van der Waals surface area (Å²) >= 11 is 5.88. The van der Waals surface area contributed by atoms with Crippen molar-refractivity contribution in [3.63, 3.8) is 0 Å². The van der Waals surface area contributed by atoms with Gasteiger partial charge >= 0.3 is 0 Å². The number of aliphatic hydroxyl groups excluding tert-OH is 1. The number of fused-ring (bicyclic) bond motifs is 1. The summed E-state index contributed by atoms with van der Waals surface area (Å²) in [6.45, 7) is 0.504. The molecule has 0 spiro atoms. The van der Waals surface area contributed by atoms with Crippen LogP contribution in [0.25, 0.3) is 11.2 Å². The molecule has 5 heteroatoms. The number of halogens is 1. The monoisotopic (exact) mass is 273 g/mol. The number of aromatic nitrogens is 3. The van der Waals surface area contributed by atoms with E-state index in [4.69, 9.17) is 11.6 Å². The number of aliphatic hydroxyl groups is 1. The summed E-state index contributed by atoms with van der Waals surface area (Å²) < 4.78 is 1.92. The van der Waals surface area contributed by atoms with E-state index in [1.165, 1.54) is 0 Å². The van der Waals surface area contributed by atoms with E-state index < -0.39 is 0 Å². The molecule has 96 valence electrons. The van der Waals surface area contributed by atoms with Crippen LogP contribution >= 0.6 is 11.6 Å². The van der Waals surface area contributed by atoms with Crippen molar-refractivity contribution < 1.29 is 5.11 Å². The zero-order chi connectivity index (χ0) is 13.2. The molecule has 2 heterocycles. The molecule has 3 aromatic rings. The molecule has 0 aliphatic carbocycles. The fourth-order valence-electron chi connectivity index (χ4n) is 2.06. The number of rotatable bonds is 3. The van der Waals surface area contributed by atoms with Crippen molar-refractivity contribution in [2.75, 3.05) is 0 Å². The lowest BCUT2D eigenvalue weighted by atomic mass is 10.2. The van der Waals surface area contributed by atoms with E-state index >= 15 is 0 Å². The van der Waals surface area contributed by atoms with Crippen molar-refractivity contribution >= 4 is 22.8 Å². The van der Waals surface area contributed by atoms with Gasteiger partial charge in [-0.1, -0.05) is 23.7 Å². The summed E-state index contributed by atoms with van der Waals surface area (Å²) in [7, 11) is 0. The molecule has 0 bridgehead atoms. The minimum absolute atomic E-state index is 0.107. The molecule has 0 aliphatic rings. The molecule has 2 aromatic heterocycles. The Morgan fingerprint density at radius 3 is 2.68 bits per heavy atom. The molecule has 0 amide bonds. The van der Waals surface area contributed by atoms with Gasteiger partial charge in [0.25, 0.3) is 0 Å². The van der Waals surface area contributed by atoms with Crippen molar-refractivity contribution in [1.82, 2.24) is 14.5 Å². The van der Waals surface area contributed by atoms with Crippen LogP contribution in [-0.4, -0.2) is 19.6 Å². The van der Waals surface area contributed by atoms with Gasteiger partial charge in [0, 0.05) is 11.2 Å². The van der Waals surface area contributed by atoms with Gasteiger partial charge in [-0.05, 0) is 29.8 Å². The summed E-state index contributed by atoms with van der Waals surface area (Å²) in [5.74, 6) is 0.614. The van der Waals surface area contributed by atoms with Crippen molar-refractivity contribution in [3.05, 3.63) is 59.0 Å². The first-order chi connectivity index (χ1) is 9.28. The van der Waals surface area contributed by atoms with Gasteiger partial charge in [-0.2, -0.15) is 0 Å². The molecule has 3 rings (SSSR count). The maximum atomic E-state index is 9.41. The van der Waals surface area contributed by atoms with Crippen molar-refractivity contribution in [2.45, 2.75) is 13.2 Å². The van der Waals surface area contributed by atoms with E-state index in [1.54, 1.807) is 6.20 Å². The number of imidazole rings is 1. The predicted molar refractivity (Wildman–Crippen MR) is 74.0 cm³/mol. The van der Waals surface area contributed by atoms with Crippen molar-refractivity contribution in [3.8, 4) is 0 Å². The third kappa shape index (κ3) is 2.32. The summed E-state index contributed by atoms with van der Waals surface area (Å²) in [6, 6.07) is 11.3. The summed E-state index contributed by atoms with van der Waals surface area (Å²) in [5.41, 5.74) is 2.66. The van der Waals surface area contributed by atoms with Crippen LogP contribution in [0, 0.1) is 0 Å². The zero-order valence-electron chi connectivity index (χ0n) is 10.1. The van der Waals surface area contributed by atoms with E-state index in [2.05, 4.69) is 9.97 Å². The number of hydrogen-bond acceptors (Lipinski definition) is 3. The van der Waals surface area contributed by atoms with Gasteiger partial charge in [-0.25, -0.2) is 9.97 Å². The molecule has 0 fully saturated rings. The SMILES string of the molecule is OCc1nc2cccnc2n1Cc1ccc(Cl)cc1. The molecule has 19 heavy (non-hydrogen) atoms. The van der Waals surface area contributed by atoms with Crippen molar-refractivity contribution in [1.29, 1.82) is 0 Å². The number of hydrogen-bond donors (Lipinski definition) is 1. The Morgan fingerprint density at radius 1 is 1.16 bits per heavy atom. The van der Waals surface area contributed by atoms with Gasteiger partial charge in [-0.3, -0.25) is 0 Å². The Kier molecular flexibility index (Phi) is 3.19. The lowest BCUT2D eigenvalue weighted by Gasteiger charge is -2.07. The average molecular weight is 274 g/mol. The molecular formula is C14H12ClN3O. The highest BCUT2D eigenvalue weighted by Gasteiger charge is 2.10. The fraction of sp³-hybridized carbons (Fsp3) is 0.143. The smallest absolute Gasteiger partial charge is 0.160 e. The first-order valence-corrected chi connectivity index (χ1v) is 6.31. The fourth-order valence-corrected chi connectivity index (χ4v) is 2.19. The highest BCUT2D eigenvalue weighted by atomic mass is 35.5. The summed E-state index contributed by atoms with van der Waals surface area (Å²) in [4.78, 5) is 8.70. The van der Waals surface area contributed by atoms with E-state index in [9.17, 15) is 5.11 Å². The van der Waals surface area contributed by atoms with Crippen LogP contribution < -0.4 is 0 Å². The first-order valence-electron chi connectivity index (χ1n) is 5.93. The van der Waals surface area contributed by atoms with Crippen LogP contribution in [0.1, 0.15) is 11.4 Å². The van der Waals surface area contributed by atoms with Crippen LogP contribution in [0.4, 0.5) is 0 Å². The zero-order valence-corrected chi connectivity index (χ0v) is 10.9. The Hall–Kier alpha value is -1.91. The minimum atomic E-state index is -0.107. The van der Waals surface area contributed by atoms with Gasteiger partial charge in [-0.15, -0.1) is 0 Å². The van der Waals surface area contributed by atoms with E-state index in [1.807, 2.05) is 41.0 Å². The summed E-state index contributed by atoms with van der Waals surface area (Å²) in [6.07, 6.45) is 1.73. The third-order valence-corrected chi connectivity index (χ3v) is 3.23. The highest BCUT2D eigenvalue weighted by molar-refractivity contribution is 6.30. The van der Waals surface area contributed by atoms with E-state index in [-0.39, 0.29) is 6.61 Å². The molecule has 0 radical (unpaired) electrons. The standard InChI is InChI=1S/C14H12ClN3O/c15-11-5-3-10(4-6-11)8-18-13(9-19)17-12-2-1-7-16-14(12)18/h1-7,19H,8-9H2. The van der Waals surface area contributed by atoms with Gasteiger partial charge in [0.05, 0.1) is 6.54 Å². The number of pyridine rings is 1. The second-order valence-electron chi connectivity index (χ2n) is 4.24. The van der Waals surface area contributed by atoms with Crippen LogP contribution in [0.5, 0.6) is 0 Å². The van der Waals surface area contributed by atoms with E-state index in [0.29, 0.717) is 17.4 Å². The van der Waals surface area contributed by atoms with Gasteiger partial charge in [0.2, 0.25) is 0 Å². The number of benzene rings is 1. The summed E-state index contributed by atoms with van der Waals surface area (Å²) in [5, 5.41) is 10.1. The second kappa shape index (κ2) is 4.99. The largest absolute Gasteiger partial charge is 0.388 e. The van der Waals surface area contributed by atoms with Crippen LogP contribution in [0.3, 0.4) is 0 Å². The van der Waals surface area contributed by atoms with Gasteiger partial charge in [0.1, 0.15) is 17.9 Å². The molecule has 4 nitrogen and oxygen atoms in total. The molecule has 0 atom stereocenters. The van der Waals surface area contributed by atoms with Crippen molar-refractivity contribution in [2.24, 2.45) is 0 Å². The molecule has 0 saturated heterocycles. The Balaban J connectivity index is 2.06. The minimum Gasteiger partial charge on any atom is -0.388 e.